The van der Waals surface area contributed by atoms with Crippen LogP contribution in [0.5, 0.6) is 0 Å². The summed E-state index contributed by atoms with van der Waals surface area (Å²) in [5.74, 6) is 0.135. The van der Waals surface area contributed by atoms with Gasteiger partial charge in [0.2, 0.25) is 0 Å². The lowest BCUT2D eigenvalue weighted by Crippen LogP contribution is -2.16. The first-order valence-corrected chi connectivity index (χ1v) is 9.64. The van der Waals surface area contributed by atoms with E-state index in [0.29, 0.717) is 6.42 Å². The molecule has 3 rings (SSSR count). The van der Waals surface area contributed by atoms with Gasteiger partial charge in [0.25, 0.3) is 0 Å². The average Bonchev–Trinajstić information content (AvgIpc) is 2.69. The predicted molar refractivity (Wildman–Crippen MR) is 112 cm³/mol. The Hall–Kier alpha value is -2.39. The van der Waals surface area contributed by atoms with Gasteiger partial charge in [0.15, 0.2) is 5.78 Å². The van der Waals surface area contributed by atoms with Crippen molar-refractivity contribution in [2.75, 3.05) is 5.32 Å². The van der Waals surface area contributed by atoms with Crippen LogP contribution in [0.4, 0.5) is 5.69 Å². The van der Waals surface area contributed by atoms with Crippen molar-refractivity contribution < 1.29 is 4.79 Å². The molecule has 132 valence electrons. The van der Waals surface area contributed by atoms with E-state index in [2.05, 4.69) is 64.6 Å². The number of benzene rings is 3. The van der Waals surface area contributed by atoms with Crippen LogP contribution in [0.1, 0.15) is 40.9 Å². The van der Waals surface area contributed by atoms with Crippen LogP contribution in [0.2, 0.25) is 0 Å². The number of anilines is 1. The predicted octanol–water partition coefficient (Wildman–Crippen LogP) is 6.44. The van der Waals surface area contributed by atoms with E-state index in [1.807, 2.05) is 42.5 Å². The highest BCUT2D eigenvalue weighted by Gasteiger charge is 2.17. The van der Waals surface area contributed by atoms with Crippen molar-refractivity contribution in [2.45, 2.75) is 25.8 Å². The number of carbonyl (C=O) groups is 1. The van der Waals surface area contributed by atoms with Crippen LogP contribution in [-0.4, -0.2) is 5.78 Å². The Balaban J connectivity index is 1.83. The minimum atomic E-state index is -0.0803. The summed E-state index contributed by atoms with van der Waals surface area (Å²) in [6.45, 7) is 2.14. The molecule has 3 aromatic carbocycles. The van der Waals surface area contributed by atoms with Crippen LogP contribution in [0.15, 0.2) is 83.3 Å². The van der Waals surface area contributed by atoms with Gasteiger partial charge in [-0.15, -0.1) is 0 Å². The van der Waals surface area contributed by atoms with Crippen molar-refractivity contribution in [3.8, 4) is 0 Å². The molecule has 0 saturated carbocycles. The lowest BCUT2D eigenvalue weighted by Gasteiger charge is -2.20. The number of ketones is 1. The monoisotopic (exact) mass is 407 g/mol. The Kier molecular flexibility index (Phi) is 6.24. The SMILES string of the molecule is CCc1ccc(NC(CC(=O)c2ccccc2)c2ccc(Br)cc2)cc1. The average molecular weight is 408 g/mol. The zero-order valence-corrected chi connectivity index (χ0v) is 16.4. The molecule has 1 atom stereocenters. The molecule has 0 heterocycles. The second-order valence-corrected chi connectivity index (χ2v) is 7.21. The third-order valence-corrected chi connectivity index (χ3v) is 4.99. The maximum absolute atomic E-state index is 12.7. The number of Topliss-reactive ketones (excluding diaryl/α,β-unsaturated/α-hetero) is 1. The number of carbonyl (C=O) groups excluding carboxylic acids is 1. The van der Waals surface area contributed by atoms with Crippen molar-refractivity contribution in [1.29, 1.82) is 0 Å². The Morgan fingerprint density at radius 1 is 0.923 bits per heavy atom. The maximum atomic E-state index is 12.7. The first-order chi connectivity index (χ1) is 12.7. The highest BCUT2D eigenvalue weighted by molar-refractivity contribution is 9.10. The zero-order valence-electron chi connectivity index (χ0n) is 14.8. The highest BCUT2D eigenvalue weighted by atomic mass is 79.9. The van der Waals surface area contributed by atoms with Crippen molar-refractivity contribution in [3.63, 3.8) is 0 Å². The summed E-state index contributed by atoms with van der Waals surface area (Å²) in [6, 6.07) is 25.9. The minimum Gasteiger partial charge on any atom is -0.378 e. The summed E-state index contributed by atoms with van der Waals surface area (Å²) >= 11 is 3.48. The molecule has 0 aromatic heterocycles. The van der Waals surface area contributed by atoms with Gasteiger partial charge in [-0.05, 0) is 41.8 Å². The molecule has 0 saturated heterocycles. The van der Waals surface area contributed by atoms with E-state index in [1.54, 1.807) is 0 Å². The van der Waals surface area contributed by atoms with Crippen molar-refractivity contribution in [2.24, 2.45) is 0 Å². The van der Waals surface area contributed by atoms with Crippen LogP contribution in [-0.2, 0) is 6.42 Å². The van der Waals surface area contributed by atoms with E-state index in [9.17, 15) is 4.79 Å². The fourth-order valence-electron chi connectivity index (χ4n) is 2.91. The Bertz CT molecular complexity index is 842. The minimum absolute atomic E-state index is 0.0803. The molecule has 1 unspecified atom stereocenters. The van der Waals surface area contributed by atoms with E-state index < -0.39 is 0 Å². The summed E-state index contributed by atoms with van der Waals surface area (Å²) in [4.78, 5) is 12.7. The summed E-state index contributed by atoms with van der Waals surface area (Å²) in [7, 11) is 0. The Morgan fingerprint density at radius 3 is 2.19 bits per heavy atom. The van der Waals surface area contributed by atoms with Gasteiger partial charge in [-0.1, -0.05) is 77.5 Å². The molecular weight excluding hydrogens is 386 g/mol. The summed E-state index contributed by atoms with van der Waals surface area (Å²) in [5.41, 5.74) is 4.17. The number of rotatable bonds is 7. The molecule has 0 radical (unpaired) electrons. The zero-order chi connectivity index (χ0) is 18.4. The van der Waals surface area contributed by atoms with Crippen LogP contribution in [0.3, 0.4) is 0 Å². The Labute approximate surface area is 163 Å². The van der Waals surface area contributed by atoms with Crippen molar-refractivity contribution in [1.82, 2.24) is 0 Å². The third kappa shape index (κ3) is 4.83. The number of hydrogen-bond donors (Lipinski definition) is 1. The topological polar surface area (TPSA) is 29.1 Å². The van der Waals surface area contributed by atoms with Crippen LogP contribution >= 0.6 is 15.9 Å². The molecule has 2 nitrogen and oxygen atoms in total. The molecule has 0 aliphatic carbocycles. The van der Waals surface area contributed by atoms with E-state index in [0.717, 1.165) is 27.7 Å². The van der Waals surface area contributed by atoms with Gasteiger partial charge in [0.1, 0.15) is 0 Å². The molecule has 0 aliphatic heterocycles. The number of hydrogen-bond acceptors (Lipinski definition) is 2. The molecule has 1 N–H and O–H groups in total. The molecule has 0 aliphatic rings. The molecule has 0 bridgehead atoms. The summed E-state index contributed by atoms with van der Waals surface area (Å²) in [6.07, 6.45) is 1.42. The van der Waals surface area contributed by atoms with Gasteiger partial charge in [0.05, 0.1) is 6.04 Å². The molecule has 0 spiro atoms. The second kappa shape index (κ2) is 8.81. The van der Waals surface area contributed by atoms with Gasteiger partial charge in [0, 0.05) is 22.1 Å². The van der Waals surface area contributed by atoms with Gasteiger partial charge in [-0.25, -0.2) is 0 Å². The molecule has 3 aromatic rings. The number of aryl methyl sites for hydroxylation is 1. The smallest absolute Gasteiger partial charge is 0.165 e. The second-order valence-electron chi connectivity index (χ2n) is 6.29. The number of halogens is 1. The van der Waals surface area contributed by atoms with Crippen LogP contribution in [0, 0.1) is 0 Å². The van der Waals surface area contributed by atoms with Crippen molar-refractivity contribution in [3.05, 3.63) is 100 Å². The lowest BCUT2D eigenvalue weighted by atomic mass is 9.97. The van der Waals surface area contributed by atoms with E-state index >= 15 is 0 Å². The molecule has 26 heavy (non-hydrogen) atoms. The molecule has 3 heteroatoms. The fourth-order valence-corrected chi connectivity index (χ4v) is 3.18. The third-order valence-electron chi connectivity index (χ3n) is 4.46. The first kappa shape index (κ1) is 18.4. The van der Waals surface area contributed by atoms with Crippen molar-refractivity contribution >= 4 is 27.4 Å². The van der Waals surface area contributed by atoms with E-state index in [4.69, 9.17) is 0 Å². The van der Waals surface area contributed by atoms with E-state index in [1.165, 1.54) is 5.56 Å². The van der Waals surface area contributed by atoms with Gasteiger partial charge in [-0.3, -0.25) is 4.79 Å². The van der Waals surface area contributed by atoms with E-state index in [-0.39, 0.29) is 11.8 Å². The fraction of sp³-hybridized carbons (Fsp3) is 0.174. The quantitative estimate of drug-likeness (QED) is 0.456. The molecule has 0 fully saturated rings. The lowest BCUT2D eigenvalue weighted by molar-refractivity contribution is 0.0976. The van der Waals surface area contributed by atoms with Crippen LogP contribution < -0.4 is 5.32 Å². The Morgan fingerprint density at radius 2 is 1.58 bits per heavy atom. The van der Waals surface area contributed by atoms with Crippen LogP contribution in [0.25, 0.3) is 0 Å². The largest absolute Gasteiger partial charge is 0.378 e. The molecular formula is C23H22BrNO. The van der Waals surface area contributed by atoms with Gasteiger partial charge < -0.3 is 5.32 Å². The number of nitrogens with one attached hydrogen (secondary N) is 1. The normalized spacial score (nSPS) is 11.8. The molecule has 0 amide bonds. The highest BCUT2D eigenvalue weighted by Crippen LogP contribution is 2.26. The standard InChI is InChI=1S/C23H22BrNO/c1-2-17-8-14-21(15-9-17)25-22(18-10-12-20(24)13-11-18)16-23(26)19-6-4-3-5-7-19/h3-15,22,25H,2,16H2,1H3. The van der Waals surface area contributed by atoms with Gasteiger partial charge >= 0.3 is 0 Å². The van der Waals surface area contributed by atoms with Gasteiger partial charge in [-0.2, -0.15) is 0 Å². The first-order valence-electron chi connectivity index (χ1n) is 8.85. The summed E-state index contributed by atoms with van der Waals surface area (Å²) < 4.78 is 1.03. The summed E-state index contributed by atoms with van der Waals surface area (Å²) in [5, 5.41) is 3.53. The maximum Gasteiger partial charge on any atom is 0.165 e.